The van der Waals surface area contributed by atoms with Gasteiger partial charge in [0.2, 0.25) is 0 Å². The highest BCUT2D eigenvalue weighted by Crippen LogP contribution is 2.07. The molecule has 1 heterocycles. The average Bonchev–Trinajstić information content (AvgIpc) is 2.30. The van der Waals surface area contributed by atoms with Crippen LogP contribution in [0.3, 0.4) is 0 Å². The first kappa shape index (κ1) is 11.3. The number of hydrogen-bond donors (Lipinski definition) is 2. The van der Waals surface area contributed by atoms with Crippen molar-refractivity contribution in [1.29, 1.82) is 5.26 Å². The molecule has 0 saturated heterocycles. The van der Waals surface area contributed by atoms with Gasteiger partial charge in [0.05, 0.1) is 18.6 Å². The summed E-state index contributed by atoms with van der Waals surface area (Å²) in [6.07, 6.45) is 3.35. The van der Waals surface area contributed by atoms with E-state index in [-0.39, 0.29) is 0 Å². The van der Waals surface area contributed by atoms with Crippen LogP contribution >= 0.6 is 0 Å². The maximum absolute atomic E-state index is 9.40. The first-order valence-corrected chi connectivity index (χ1v) is 4.79. The zero-order chi connectivity index (χ0) is 11.1. The molecule has 78 valence electrons. The maximum atomic E-state index is 9.40. The molecule has 1 aromatic heterocycles. The Kier molecular flexibility index (Phi) is 4.39. The van der Waals surface area contributed by atoms with Crippen LogP contribution in [-0.2, 0) is 6.42 Å². The van der Waals surface area contributed by atoms with Crippen LogP contribution in [0.15, 0.2) is 36.7 Å². The Morgan fingerprint density at radius 1 is 1.40 bits per heavy atom. The number of rotatable bonds is 2. The number of aromatic amines is 1. The number of hydrogen-bond acceptors (Lipinski definition) is 2. The van der Waals surface area contributed by atoms with Crippen LogP contribution < -0.4 is 0 Å². The van der Waals surface area contributed by atoms with Gasteiger partial charge in [-0.05, 0) is 18.1 Å². The molecule has 3 heteroatoms. The summed E-state index contributed by atoms with van der Waals surface area (Å²) in [7, 11) is 0. The number of H-pyrrole nitrogens is 1. The van der Waals surface area contributed by atoms with Crippen molar-refractivity contribution in [2.75, 3.05) is 0 Å². The molecule has 0 aliphatic rings. The first-order chi connectivity index (χ1) is 7.24. The average molecular weight is 202 g/mol. The van der Waals surface area contributed by atoms with E-state index in [2.05, 4.69) is 11.1 Å². The van der Waals surface area contributed by atoms with Crippen LogP contribution in [0.2, 0.25) is 0 Å². The number of nitrogens with one attached hydrogen (secondary N) is 1. The third-order valence-corrected chi connectivity index (χ3v) is 1.99. The molecule has 0 fully saturated rings. The van der Waals surface area contributed by atoms with E-state index in [1.165, 1.54) is 0 Å². The molecule has 3 nitrogen and oxygen atoms in total. The van der Waals surface area contributed by atoms with E-state index in [1.54, 1.807) is 19.3 Å². The first-order valence-electron chi connectivity index (χ1n) is 4.79. The number of aliphatic hydroxyl groups excluding tert-OH is 1. The molecule has 1 rings (SSSR count). The van der Waals surface area contributed by atoms with E-state index in [9.17, 15) is 5.11 Å². The summed E-state index contributed by atoms with van der Waals surface area (Å²) < 4.78 is 0. The molecule has 0 amide bonds. The Hall–Kier alpha value is -1.79. The van der Waals surface area contributed by atoms with Crippen LogP contribution in [0.1, 0.15) is 24.2 Å². The molecule has 0 saturated carbocycles. The highest BCUT2D eigenvalue weighted by Gasteiger charge is 1.95. The molecule has 1 aromatic rings. The topological polar surface area (TPSA) is 59.8 Å². The van der Waals surface area contributed by atoms with Crippen molar-refractivity contribution in [3.05, 3.63) is 47.8 Å². The third-order valence-electron chi connectivity index (χ3n) is 1.99. The lowest BCUT2D eigenvalue weighted by Crippen LogP contribution is -1.88. The Bertz CT molecular complexity index is 400. The Labute approximate surface area is 89.3 Å². The fourth-order valence-corrected chi connectivity index (χ4v) is 1.15. The smallest absolute Gasteiger partial charge is 0.0775 e. The minimum absolute atomic E-state index is 0.370. The second-order valence-electron chi connectivity index (χ2n) is 3.26. The highest BCUT2D eigenvalue weighted by atomic mass is 16.3. The zero-order valence-electron chi connectivity index (χ0n) is 8.64. The molecule has 0 radical (unpaired) electrons. The standard InChI is InChI=1S/C12H14N2O/c1-10(15)12-5-3-2-4-11(6-7-13)8-14-9-12/h2-5,8-10,14-15H,6H2,1H3. The summed E-state index contributed by atoms with van der Waals surface area (Å²) in [6.45, 7) is 1.71. The zero-order valence-corrected chi connectivity index (χ0v) is 8.64. The van der Waals surface area contributed by atoms with E-state index >= 15 is 0 Å². The molecule has 15 heavy (non-hydrogen) atoms. The summed E-state index contributed by atoms with van der Waals surface area (Å²) in [5, 5.41) is 18.0. The fraction of sp³-hybridized carbons (Fsp3) is 0.250. The molecule has 0 spiro atoms. The normalized spacial score (nSPS) is 11.3. The van der Waals surface area contributed by atoms with Crippen LogP contribution in [0.25, 0.3) is 0 Å². The minimum Gasteiger partial charge on any atom is -0.389 e. The van der Waals surface area contributed by atoms with Gasteiger partial charge in [-0.2, -0.15) is 5.26 Å². The van der Waals surface area contributed by atoms with E-state index < -0.39 is 6.10 Å². The summed E-state index contributed by atoms with van der Waals surface area (Å²) in [5.41, 5.74) is 1.71. The van der Waals surface area contributed by atoms with Gasteiger partial charge >= 0.3 is 0 Å². The molecule has 2 N–H and O–H groups in total. The minimum atomic E-state index is -0.506. The largest absolute Gasteiger partial charge is 0.389 e. The summed E-state index contributed by atoms with van der Waals surface area (Å²) in [4.78, 5) is 2.96. The van der Waals surface area contributed by atoms with Gasteiger partial charge in [0, 0.05) is 12.4 Å². The monoisotopic (exact) mass is 202 g/mol. The second-order valence-corrected chi connectivity index (χ2v) is 3.26. The van der Waals surface area contributed by atoms with E-state index in [4.69, 9.17) is 5.26 Å². The van der Waals surface area contributed by atoms with Gasteiger partial charge in [-0.3, -0.25) is 0 Å². The van der Waals surface area contributed by atoms with Crippen LogP contribution in [0, 0.1) is 11.3 Å². The lowest BCUT2D eigenvalue weighted by Gasteiger charge is -1.99. The Morgan fingerprint density at radius 2 is 2.13 bits per heavy atom. The molecule has 0 bridgehead atoms. The van der Waals surface area contributed by atoms with E-state index in [1.807, 2.05) is 24.3 Å². The van der Waals surface area contributed by atoms with Crippen molar-refractivity contribution in [3.8, 4) is 6.07 Å². The summed E-state index contributed by atoms with van der Waals surface area (Å²) >= 11 is 0. The fourth-order valence-electron chi connectivity index (χ4n) is 1.15. The van der Waals surface area contributed by atoms with Crippen molar-refractivity contribution in [3.63, 3.8) is 0 Å². The van der Waals surface area contributed by atoms with Crippen molar-refractivity contribution in [1.82, 2.24) is 4.98 Å². The second kappa shape index (κ2) is 5.84. The van der Waals surface area contributed by atoms with Gasteiger partial charge in [-0.15, -0.1) is 0 Å². The highest BCUT2D eigenvalue weighted by molar-refractivity contribution is 5.15. The van der Waals surface area contributed by atoms with Gasteiger partial charge in [-0.25, -0.2) is 0 Å². The third kappa shape index (κ3) is 3.84. The number of nitriles is 1. The molecule has 0 aromatic carbocycles. The predicted molar refractivity (Wildman–Crippen MR) is 58.4 cm³/mol. The lowest BCUT2D eigenvalue weighted by atomic mass is 10.2. The van der Waals surface area contributed by atoms with Crippen LogP contribution in [-0.4, -0.2) is 10.1 Å². The molecular weight excluding hydrogens is 188 g/mol. The van der Waals surface area contributed by atoms with E-state index in [0.29, 0.717) is 6.42 Å². The molecule has 1 unspecified atom stereocenters. The van der Waals surface area contributed by atoms with Crippen LogP contribution in [0.5, 0.6) is 0 Å². The molecule has 1 atom stereocenters. The maximum Gasteiger partial charge on any atom is 0.0775 e. The summed E-state index contributed by atoms with van der Waals surface area (Å²) in [6, 6.07) is 9.48. The molecule has 0 aliphatic heterocycles. The SMILES string of the molecule is CC(O)c1ccccc(CC#N)c[nH]c1. The predicted octanol–water partition coefficient (Wildman–Crippen LogP) is 2.26. The number of aliphatic hydroxyl groups is 1. The van der Waals surface area contributed by atoms with Gasteiger partial charge in [0.1, 0.15) is 0 Å². The number of aromatic nitrogens is 1. The van der Waals surface area contributed by atoms with Crippen molar-refractivity contribution >= 4 is 0 Å². The Morgan fingerprint density at radius 3 is 2.80 bits per heavy atom. The Balaban J connectivity index is 3.12. The molecular formula is C12H14N2O. The van der Waals surface area contributed by atoms with Crippen molar-refractivity contribution < 1.29 is 5.11 Å². The van der Waals surface area contributed by atoms with Gasteiger partial charge in [0.25, 0.3) is 0 Å². The van der Waals surface area contributed by atoms with Gasteiger partial charge in [0.15, 0.2) is 0 Å². The summed E-state index contributed by atoms with van der Waals surface area (Å²) in [5.74, 6) is 0. The van der Waals surface area contributed by atoms with Crippen molar-refractivity contribution in [2.24, 2.45) is 0 Å². The van der Waals surface area contributed by atoms with Gasteiger partial charge in [-0.1, -0.05) is 24.3 Å². The lowest BCUT2D eigenvalue weighted by molar-refractivity contribution is 0.199. The van der Waals surface area contributed by atoms with Gasteiger partial charge < -0.3 is 10.1 Å². The van der Waals surface area contributed by atoms with Crippen LogP contribution in [0.4, 0.5) is 0 Å². The molecule has 0 aliphatic carbocycles. The van der Waals surface area contributed by atoms with Crippen molar-refractivity contribution in [2.45, 2.75) is 19.4 Å². The number of nitrogens with zero attached hydrogens (tertiary/aromatic N) is 1. The van der Waals surface area contributed by atoms with E-state index in [0.717, 1.165) is 11.1 Å². The quantitative estimate of drug-likeness (QED) is 0.772.